The molecule has 0 saturated heterocycles. The third-order valence-electron chi connectivity index (χ3n) is 2.41. The third-order valence-corrected chi connectivity index (χ3v) is 2.41. The van der Waals surface area contributed by atoms with Crippen molar-refractivity contribution >= 4 is 5.91 Å². The first-order chi connectivity index (χ1) is 6.25. The zero-order valence-electron chi connectivity index (χ0n) is 9.55. The summed E-state index contributed by atoms with van der Waals surface area (Å²) in [7, 11) is 0. The van der Waals surface area contributed by atoms with Crippen molar-refractivity contribution in [1.82, 2.24) is 5.32 Å². The quantitative estimate of drug-likeness (QED) is 0.598. The smallest absolute Gasteiger partial charge is 0.239 e. The van der Waals surface area contributed by atoms with Gasteiger partial charge in [-0.1, -0.05) is 20.8 Å². The van der Waals surface area contributed by atoms with E-state index in [-0.39, 0.29) is 17.9 Å². The molecule has 0 spiro atoms. The molecule has 4 nitrogen and oxygen atoms in total. The first kappa shape index (κ1) is 13.4. The predicted molar refractivity (Wildman–Crippen MR) is 56.8 cm³/mol. The molecule has 0 rings (SSSR count). The van der Waals surface area contributed by atoms with Crippen LogP contribution in [0.3, 0.4) is 0 Å². The first-order valence-corrected chi connectivity index (χ1v) is 4.93. The summed E-state index contributed by atoms with van der Waals surface area (Å²) in [6.45, 7) is 7.82. The van der Waals surface area contributed by atoms with E-state index in [0.29, 0.717) is 13.0 Å². The number of carbonyl (C=O) groups excluding carboxylic acids is 1. The monoisotopic (exact) mass is 202 g/mol. The lowest BCUT2D eigenvalue weighted by Crippen LogP contribution is -2.53. The van der Waals surface area contributed by atoms with E-state index in [2.05, 4.69) is 5.32 Å². The highest BCUT2D eigenvalue weighted by Gasteiger charge is 2.27. The minimum absolute atomic E-state index is 0.0424. The second-order valence-electron chi connectivity index (χ2n) is 4.78. The summed E-state index contributed by atoms with van der Waals surface area (Å²) >= 11 is 0. The first-order valence-electron chi connectivity index (χ1n) is 4.93. The average molecular weight is 202 g/mol. The van der Waals surface area contributed by atoms with E-state index in [4.69, 9.17) is 10.8 Å². The molecule has 0 aromatic carbocycles. The zero-order chi connectivity index (χ0) is 11.4. The molecule has 4 N–H and O–H groups in total. The van der Waals surface area contributed by atoms with Crippen LogP contribution in [-0.4, -0.2) is 29.7 Å². The fraction of sp³-hybridized carbons (Fsp3) is 0.900. The Hall–Kier alpha value is -0.610. The minimum Gasteiger partial charge on any atom is -0.396 e. The standard InChI is InChI=1S/C10H22N2O2/c1-5-10(4,11)8(14)12-6-9(2,3)7-13/h13H,5-7,11H2,1-4H3,(H,12,14). The molecule has 0 aliphatic carbocycles. The molecule has 0 heterocycles. The van der Waals surface area contributed by atoms with Crippen LogP contribution in [0.25, 0.3) is 0 Å². The van der Waals surface area contributed by atoms with Crippen molar-refractivity contribution in [2.45, 2.75) is 39.7 Å². The lowest BCUT2D eigenvalue weighted by atomic mass is 9.93. The maximum atomic E-state index is 11.5. The molecule has 0 aliphatic rings. The molecule has 1 unspecified atom stereocenters. The van der Waals surface area contributed by atoms with Gasteiger partial charge in [0.25, 0.3) is 0 Å². The summed E-state index contributed by atoms with van der Waals surface area (Å²) in [5, 5.41) is 11.7. The molecule has 1 amide bonds. The Kier molecular flexibility index (Phi) is 4.55. The van der Waals surface area contributed by atoms with Gasteiger partial charge in [0.2, 0.25) is 5.91 Å². The van der Waals surface area contributed by atoms with Crippen LogP contribution in [0, 0.1) is 5.41 Å². The highest BCUT2D eigenvalue weighted by atomic mass is 16.3. The van der Waals surface area contributed by atoms with Crippen molar-refractivity contribution in [2.24, 2.45) is 11.1 Å². The Morgan fingerprint density at radius 1 is 1.43 bits per heavy atom. The van der Waals surface area contributed by atoms with Gasteiger partial charge in [0, 0.05) is 18.6 Å². The maximum absolute atomic E-state index is 11.5. The van der Waals surface area contributed by atoms with E-state index in [0.717, 1.165) is 0 Å². The molecule has 0 radical (unpaired) electrons. The van der Waals surface area contributed by atoms with Crippen molar-refractivity contribution in [2.75, 3.05) is 13.2 Å². The van der Waals surface area contributed by atoms with E-state index < -0.39 is 5.54 Å². The molecule has 0 aromatic heterocycles. The predicted octanol–water partition coefficient (Wildman–Crippen LogP) is 0.249. The van der Waals surface area contributed by atoms with E-state index in [1.165, 1.54) is 0 Å². The lowest BCUT2D eigenvalue weighted by Gasteiger charge is -2.26. The van der Waals surface area contributed by atoms with Crippen LogP contribution in [-0.2, 0) is 4.79 Å². The summed E-state index contributed by atoms with van der Waals surface area (Å²) < 4.78 is 0. The van der Waals surface area contributed by atoms with Crippen molar-refractivity contribution < 1.29 is 9.90 Å². The Labute approximate surface area is 85.9 Å². The summed E-state index contributed by atoms with van der Waals surface area (Å²) in [5.74, 6) is -0.165. The van der Waals surface area contributed by atoms with Gasteiger partial charge in [0.15, 0.2) is 0 Å². The van der Waals surface area contributed by atoms with Gasteiger partial charge < -0.3 is 16.2 Å². The third kappa shape index (κ3) is 4.07. The average Bonchev–Trinajstić information content (AvgIpc) is 2.14. The number of nitrogens with one attached hydrogen (secondary N) is 1. The topological polar surface area (TPSA) is 75.4 Å². The molecule has 4 heteroatoms. The van der Waals surface area contributed by atoms with Crippen LogP contribution in [0.15, 0.2) is 0 Å². The summed E-state index contributed by atoms with van der Waals surface area (Å²) in [5.41, 5.74) is 4.65. The van der Waals surface area contributed by atoms with Gasteiger partial charge in [-0.05, 0) is 13.3 Å². The van der Waals surface area contributed by atoms with E-state index >= 15 is 0 Å². The fourth-order valence-electron chi connectivity index (χ4n) is 0.738. The Morgan fingerprint density at radius 3 is 2.29 bits per heavy atom. The molecule has 84 valence electrons. The number of hydrogen-bond acceptors (Lipinski definition) is 3. The van der Waals surface area contributed by atoms with Crippen LogP contribution >= 0.6 is 0 Å². The van der Waals surface area contributed by atoms with Crippen molar-refractivity contribution in [3.63, 3.8) is 0 Å². The van der Waals surface area contributed by atoms with Crippen LogP contribution in [0.1, 0.15) is 34.1 Å². The van der Waals surface area contributed by atoms with Crippen LogP contribution < -0.4 is 11.1 Å². The molecule has 0 fully saturated rings. The van der Waals surface area contributed by atoms with Crippen LogP contribution in [0.2, 0.25) is 0 Å². The Bertz CT molecular complexity index is 200. The fourth-order valence-corrected chi connectivity index (χ4v) is 0.738. The van der Waals surface area contributed by atoms with Gasteiger partial charge in [0.1, 0.15) is 0 Å². The Morgan fingerprint density at radius 2 is 1.93 bits per heavy atom. The van der Waals surface area contributed by atoms with Crippen LogP contribution in [0.5, 0.6) is 0 Å². The summed E-state index contributed by atoms with van der Waals surface area (Å²) in [6.07, 6.45) is 0.596. The number of carbonyl (C=O) groups is 1. The second kappa shape index (κ2) is 4.75. The van der Waals surface area contributed by atoms with Gasteiger partial charge in [-0.2, -0.15) is 0 Å². The molecule has 0 bridgehead atoms. The zero-order valence-corrected chi connectivity index (χ0v) is 9.55. The molecule has 0 saturated carbocycles. The number of rotatable bonds is 5. The SMILES string of the molecule is CCC(C)(N)C(=O)NCC(C)(C)CO. The molecular weight excluding hydrogens is 180 g/mol. The normalized spacial score (nSPS) is 16.1. The number of hydrogen-bond donors (Lipinski definition) is 3. The number of aliphatic hydroxyl groups excluding tert-OH is 1. The van der Waals surface area contributed by atoms with E-state index in [1.807, 2.05) is 20.8 Å². The minimum atomic E-state index is -0.814. The van der Waals surface area contributed by atoms with Gasteiger partial charge in [-0.25, -0.2) is 0 Å². The summed E-state index contributed by atoms with van der Waals surface area (Å²) in [4.78, 5) is 11.5. The number of aliphatic hydroxyl groups is 1. The largest absolute Gasteiger partial charge is 0.396 e. The molecular formula is C10H22N2O2. The van der Waals surface area contributed by atoms with Crippen LogP contribution in [0.4, 0.5) is 0 Å². The van der Waals surface area contributed by atoms with Crippen molar-refractivity contribution in [1.29, 1.82) is 0 Å². The molecule has 14 heavy (non-hydrogen) atoms. The van der Waals surface area contributed by atoms with Crippen molar-refractivity contribution in [3.05, 3.63) is 0 Å². The molecule has 1 atom stereocenters. The highest BCUT2D eigenvalue weighted by molar-refractivity contribution is 5.85. The van der Waals surface area contributed by atoms with Gasteiger partial charge in [0.05, 0.1) is 5.54 Å². The lowest BCUT2D eigenvalue weighted by molar-refractivity contribution is -0.126. The van der Waals surface area contributed by atoms with E-state index in [9.17, 15) is 4.79 Å². The second-order valence-corrected chi connectivity index (χ2v) is 4.78. The van der Waals surface area contributed by atoms with Crippen molar-refractivity contribution in [3.8, 4) is 0 Å². The van der Waals surface area contributed by atoms with Gasteiger partial charge in [-0.15, -0.1) is 0 Å². The van der Waals surface area contributed by atoms with E-state index in [1.54, 1.807) is 6.92 Å². The number of amides is 1. The molecule has 0 aliphatic heterocycles. The van der Waals surface area contributed by atoms with Gasteiger partial charge in [-0.3, -0.25) is 4.79 Å². The highest BCUT2D eigenvalue weighted by Crippen LogP contribution is 2.12. The maximum Gasteiger partial charge on any atom is 0.239 e. The summed E-state index contributed by atoms with van der Waals surface area (Å²) in [6, 6.07) is 0. The molecule has 0 aromatic rings. The Balaban J connectivity index is 4.10. The number of nitrogens with two attached hydrogens (primary N) is 1. The van der Waals surface area contributed by atoms with Gasteiger partial charge >= 0.3 is 0 Å².